The highest BCUT2D eigenvalue weighted by Crippen LogP contribution is 2.25. The second-order valence-electron chi connectivity index (χ2n) is 3.61. The molecule has 0 saturated heterocycles. The van der Waals surface area contributed by atoms with Crippen molar-refractivity contribution in [3.05, 3.63) is 23.8 Å². The molecule has 1 aromatic carbocycles. The van der Waals surface area contributed by atoms with Crippen LogP contribution in [-0.4, -0.2) is 18.0 Å². The van der Waals surface area contributed by atoms with Gasteiger partial charge in [0, 0.05) is 18.3 Å². The molecule has 7 heteroatoms. The Morgan fingerprint density at radius 2 is 1.61 bits per heavy atom. The van der Waals surface area contributed by atoms with Crippen molar-refractivity contribution in [2.45, 2.75) is 20.0 Å². The van der Waals surface area contributed by atoms with Crippen LogP contribution in [0.3, 0.4) is 0 Å². The third-order valence-corrected chi connectivity index (χ3v) is 2.15. The Morgan fingerprint density at radius 3 is 2.06 bits per heavy atom. The summed E-state index contributed by atoms with van der Waals surface area (Å²) in [6, 6.07) is 4.29. The lowest BCUT2D eigenvalue weighted by Gasteiger charge is -2.13. The first-order valence-corrected chi connectivity index (χ1v) is 4.97. The van der Waals surface area contributed by atoms with Gasteiger partial charge in [-0.05, 0) is 24.6 Å². The molecule has 0 heterocycles. The van der Waals surface area contributed by atoms with Gasteiger partial charge in [0.15, 0.2) is 0 Å². The number of nitrogens with one attached hydrogen (secondary N) is 2. The summed E-state index contributed by atoms with van der Waals surface area (Å²) in [6.07, 6.45) is -4.95. The fourth-order valence-corrected chi connectivity index (χ4v) is 1.29. The number of halogens is 3. The largest absolute Gasteiger partial charge is 0.471 e. The first-order valence-electron chi connectivity index (χ1n) is 4.97. The zero-order chi connectivity index (χ0) is 13.9. The van der Waals surface area contributed by atoms with Gasteiger partial charge < -0.3 is 10.6 Å². The monoisotopic (exact) mass is 260 g/mol. The van der Waals surface area contributed by atoms with Crippen molar-refractivity contribution in [1.29, 1.82) is 0 Å². The van der Waals surface area contributed by atoms with Crippen LogP contribution in [0.5, 0.6) is 0 Å². The smallest absolute Gasteiger partial charge is 0.326 e. The van der Waals surface area contributed by atoms with Crippen molar-refractivity contribution in [2.24, 2.45) is 0 Å². The van der Waals surface area contributed by atoms with E-state index in [1.165, 1.54) is 32.0 Å². The minimum Gasteiger partial charge on any atom is -0.326 e. The molecule has 0 unspecified atom stereocenters. The van der Waals surface area contributed by atoms with Crippen LogP contribution >= 0.6 is 0 Å². The molecule has 0 saturated carbocycles. The highest BCUT2D eigenvalue weighted by Gasteiger charge is 2.38. The number of rotatable bonds is 2. The fourth-order valence-electron chi connectivity index (χ4n) is 1.29. The van der Waals surface area contributed by atoms with Crippen molar-refractivity contribution in [2.75, 3.05) is 10.6 Å². The van der Waals surface area contributed by atoms with E-state index in [1.54, 1.807) is 5.32 Å². The van der Waals surface area contributed by atoms with Gasteiger partial charge in [-0.25, -0.2) is 0 Å². The maximum absolute atomic E-state index is 12.1. The van der Waals surface area contributed by atoms with E-state index in [0.29, 0.717) is 11.3 Å². The maximum Gasteiger partial charge on any atom is 0.471 e. The van der Waals surface area contributed by atoms with Gasteiger partial charge in [0.25, 0.3) is 0 Å². The topological polar surface area (TPSA) is 58.2 Å². The van der Waals surface area contributed by atoms with Crippen molar-refractivity contribution in [3.63, 3.8) is 0 Å². The van der Waals surface area contributed by atoms with Crippen molar-refractivity contribution in [3.8, 4) is 0 Å². The molecule has 0 spiro atoms. The zero-order valence-electron chi connectivity index (χ0n) is 9.68. The van der Waals surface area contributed by atoms with Crippen LogP contribution < -0.4 is 10.6 Å². The molecule has 18 heavy (non-hydrogen) atoms. The quantitative estimate of drug-likeness (QED) is 0.858. The lowest BCUT2D eigenvalue weighted by Crippen LogP contribution is -2.30. The molecule has 4 nitrogen and oxygen atoms in total. The van der Waals surface area contributed by atoms with Crippen molar-refractivity contribution in [1.82, 2.24) is 0 Å². The Bertz CT molecular complexity index is 484. The molecule has 0 fully saturated rings. The normalized spacial score (nSPS) is 10.9. The summed E-state index contributed by atoms with van der Waals surface area (Å²) >= 11 is 0. The van der Waals surface area contributed by atoms with Gasteiger partial charge in [0.2, 0.25) is 5.91 Å². The molecule has 2 N–H and O–H groups in total. The maximum atomic E-state index is 12.1. The van der Waals surface area contributed by atoms with Gasteiger partial charge in [-0.1, -0.05) is 6.07 Å². The van der Waals surface area contributed by atoms with Crippen LogP contribution in [0.1, 0.15) is 12.5 Å². The Kier molecular flexibility index (Phi) is 3.95. The number of carbonyl (C=O) groups is 2. The number of hydrogen-bond donors (Lipinski definition) is 2. The molecule has 1 rings (SSSR count). The minimum absolute atomic E-state index is 0.00331. The van der Waals surface area contributed by atoms with E-state index in [-0.39, 0.29) is 11.6 Å². The standard InChI is InChI=1S/C11H11F3N2O2/c1-6-8(15-7(2)17)4-3-5-9(6)16-10(18)11(12,13)14/h3-5H,1-2H3,(H,15,17)(H,16,18). The van der Waals surface area contributed by atoms with Crippen LogP contribution in [0.4, 0.5) is 24.5 Å². The summed E-state index contributed by atoms with van der Waals surface area (Å²) in [5.74, 6) is -2.40. The van der Waals surface area contributed by atoms with Crippen LogP contribution in [0.25, 0.3) is 0 Å². The van der Waals surface area contributed by atoms with E-state index in [9.17, 15) is 22.8 Å². The highest BCUT2D eigenvalue weighted by molar-refractivity contribution is 5.97. The molecular weight excluding hydrogens is 249 g/mol. The molecule has 2 amide bonds. The molecule has 0 aromatic heterocycles. The second-order valence-corrected chi connectivity index (χ2v) is 3.61. The number of carbonyl (C=O) groups excluding carboxylic acids is 2. The molecule has 0 aliphatic rings. The predicted molar refractivity (Wildman–Crippen MR) is 60.2 cm³/mol. The Labute approximate surface area is 101 Å². The Morgan fingerprint density at radius 1 is 1.11 bits per heavy atom. The Balaban J connectivity index is 2.98. The fraction of sp³-hybridized carbons (Fsp3) is 0.273. The second kappa shape index (κ2) is 5.07. The summed E-state index contributed by atoms with van der Waals surface area (Å²) < 4.78 is 36.3. The van der Waals surface area contributed by atoms with Gasteiger partial charge in [0.1, 0.15) is 0 Å². The minimum atomic E-state index is -4.95. The number of anilines is 2. The molecule has 0 atom stereocenters. The van der Waals surface area contributed by atoms with Crippen LogP contribution in [0, 0.1) is 6.92 Å². The summed E-state index contributed by atoms with van der Waals surface area (Å²) in [7, 11) is 0. The number of benzene rings is 1. The molecule has 0 bridgehead atoms. The van der Waals surface area contributed by atoms with E-state index >= 15 is 0 Å². The predicted octanol–water partition coefficient (Wildman–Crippen LogP) is 2.45. The first kappa shape index (κ1) is 14.0. The van der Waals surface area contributed by atoms with Gasteiger partial charge in [0.05, 0.1) is 0 Å². The van der Waals surface area contributed by atoms with Crippen molar-refractivity contribution >= 4 is 23.2 Å². The number of hydrogen-bond acceptors (Lipinski definition) is 2. The molecule has 98 valence electrons. The zero-order valence-corrected chi connectivity index (χ0v) is 9.68. The summed E-state index contributed by atoms with van der Waals surface area (Å²) in [6.45, 7) is 2.78. The van der Waals surface area contributed by atoms with Gasteiger partial charge >= 0.3 is 12.1 Å². The van der Waals surface area contributed by atoms with E-state index in [2.05, 4.69) is 5.32 Å². The average Bonchev–Trinajstić information content (AvgIpc) is 2.21. The van der Waals surface area contributed by atoms with Gasteiger partial charge in [-0.15, -0.1) is 0 Å². The molecule has 0 radical (unpaired) electrons. The highest BCUT2D eigenvalue weighted by atomic mass is 19.4. The van der Waals surface area contributed by atoms with E-state index < -0.39 is 12.1 Å². The number of amides is 2. The Hall–Kier alpha value is -2.05. The average molecular weight is 260 g/mol. The summed E-state index contributed by atoms with van der Waals surface area (Å²) in [5.41, 5.74) is 0.705. The van der Waals surface area contributed by atoms with Crippen LogP contribution in [0.15, 0.2) is 18.2 Å². The van der Waals surface area contributed by atoms with Crippen LogP contribution in [-0.2, 0) is 9.59 Å². The molecular formula is C11H11F3N2O2. The van der Waals surface area contributed by atoms with E-state index in [4.69, 9.17) is 0 Å². The molecule has 1 aromatic rings. The molecule has 0 aliphatic heterocycles. The summed E-state index contributed by atoms with van der Waals surface area (Å²) in [4.78, 5) is 21.7. The lowest BCUT2D eigenvalue weighted by molar-refractivity contribution is -0.167. The first-order chi connectivity index (χ1) is 8.21. The van der Waals surface area contributed by atoms with Gasteiger partial charge in [-0.3, -0.25) is 9.59 Å². The van der Waals surface area contributed by atoms with E-state index in [0.717, 1.165) is 0 Å². The third-order valence-electron chi connectivity index (χ3n) is 2.15. The molecule has 0 aliphatic carbocycles. The SMILES string of the molecule is CC(=O)Nc1cccc(NC(=O)C(F)(F)F)c1C. The summed E-state index contributed by atoms with van der Waals surface area (Å²) in [5, 5.41) is 4.20. The number of alkyl halides is 3. The van der Waals surface area contributed by atoms with Crippen molar-refractivity contribution < 1.29 is 22.8 Å². The van der Waals surface area contributed by atoms with E-state index in [1.807, 2.05) is 0 Å². The lowest BCUT2D eigenvalue weighted by atomic mass is 10.1. The third kappa shape index (κ3) is 3.47. The van der Waals surface area contributed by atoms with Gasteiger partial charge in [-0.2, -0.15) is 13.2 Å². The van der Waals surface area contributed by atoms with Crippen LogP contribution in [0.2, 0.25) is 0 Å².